The fourth-order valence-electron chi connectivity index (χ4n) is 1.98. The molecule has 0 aromatic heterocycles. The number of likely N-dealkylation sites (tertiary alicyclic amines) is 1. The van der Waals surface area contributed by atoms with Gasteiger partial charge in [0.25, 0.3) is 0 Å². The van der Waals surface area contributed by atoms with Crippen molar-refractivity contribution in [2.24, 2.45) is 11.7 Å². The van der Waals surface area contributed by atoms with Crippen molar-refractivity contribution in [3.63, 3.8) is 0 Å². The van der Waals surface area contributed by atoms with Crippen molar-refractivity contribution in [1.29, 1.82) is 5.41 Å². The first-order chi connectivity index (χ1) is 6.18. The van der Waals surface area contributed by atoms with Crippen molar-refractivity contribution < 1.29 is 0 Å². The van der Waals surface area contributed by atoms with E-state index in [0.717, 1.165) is 25.3 Å². The van der Waals surface area contributed by atoms with Crippen LogP contribution in [0.5, 0.6) is 0 Å². The monoisotopic (exact) mass is 183 g/mol. The Kier molecular flexibility index (Phi) is 4.22. The number of hydrogen-bond acceptors (Lipinski definition) is 2. The summed E-state index contributed by atoms with van der Waals surface area (Å²) in [5.74, 6) is 1.18. The van der Waals surface area contributed by atoms with Crippen molar-refractivity contribution >= 4 is 5.84 Å². The van der Waals surface area contributed by atoms with E-state index in [1.165, 1.54) is 25.9 Å². The fraction of sp³-hybridized carbons (Fsp3) is 0.900. The molecule has 0 unspecified atom stereocenters. The Morgan fingerprint density at radius 2 is 2.38 bits per heavy atom. The van der Waals surface area contributed by atoms with E-state index in [1.807, 2.05) is 0 Å². The first-order valence-corrected chi connectivity index (χ1v) is 5.23. The number of rotatable bonds is 4. The Morgan fingerprint density at radius 3 is 3.00 bits per heavy atom. The summed E-state index contributed by atoms with van der Waals surface area (Å²) in [6.45, 7) is 5.90. The van der Waals surface area contributed by atoms with Crippen molar-refractivity contribution in [3.8, 4) is 0 Å². The van der Waals surface area contributed by atoms with Gasteiger partial charge in [-0.1, -0.05) is 6.92 Å². The molecule has 1 fully saturated rings. The maximum atomic E-state index is 7.11. The summed E-state index contributed by atoms with van der Waals surface area (Å²) in [5, 5.41) is 7.11. The van der Waals surface area contributed by atoms with Crippen LogP contribution in [0.3, 0.4) is 0 Å². The van der Waals surface area contributed by atoms with Gasteiger partial charge in [0.1, 0.15) is 0 Å². The normalized spacial score (nSPS) is 24.5. The van der Waals surface area contributed by atoms with Gasteiger partial charge < -0.3 is 10.6 Å². The zero-order valence-corrected chi connectivity index (χ0v) is 8.55. The average molecular weight is 183 g/mol. The number of nitrogens with two attached hydrogens (primary N) is 1. The maximum absolute atomic E-state index is 7.11. The van der Waals surface area contributed by atoms with Gasteiger partial charge in [-0.05, 0) is 38.3 Å². The molecule has 1 atom stereocenters. The third-order valence-electron chi connectivity index (χ3n) is 2.66. The van der Waals surface area contributed by atoms with E-state index in [1.54, 1.807) is 0 Å². The van der Waals surface area contributed by atoms with E-state index in [9.17, 15) is 0 Å². The molecule has 1 aliphatic rings. The predicted molar refractivity (Wildman–Crippen MR) is 56.0 cm³/mol. The second-order valence-electron chi connectivity index (χ2n) is 4.18. The highest BCUT2D eigenvalue weighted by atomic mass is 15.1. The number of hydrogen-bond donors (Lipinski definition) is 2. The number of nitrogens with one attached hydrogen (secondary N) is 1. The van der Waals surface area contributed by atoms with Crippen molar-refractivity contribution in [1.82, 2.24) is 4.90 Å². The topological polar surface area (TPSA) is 53.1 Å². The molecular formula is C10H21N3. The van der Waals surface area contributed by atoms with Gasteiger partial charge >= 0.3 is 0 Å². The van der Waals surface area contributed by atoms with Gasteiger partial charge in [0, 0.05) is 13.0 Å². The lowest BCUT2D eigenvalue weighted by atomic mass is 10.0. The van der Waals surface area contributed by atoms with Crippen LogP contribution >= 0.6 is 0 Å². The highest BCUT2D eigenvalue weighted by Crippen LogP contribution is 2.15. The van der Waals surface area contributed by atoms with Crippen LogP contribution in [0, 0.1) is 11.3 Å². The van der Waals surface area contributed by atoms with E-state index in [-0.39, 0.29) is 0 Å². The molecule has 0 amide bonds. The third-order valence-corrected chi connectivity index (χ3v) is 2.66. The largest absolute Gasteiger partial charge is 0.388 e. The summed E-state index contributed by atoms with van der Waals surface area (Å²) < 4.78 is 0. The van der Waals surface area contributed by atoms with Crippen molar-refractivity contribution in [3.05, 3.63) is 0 Å². The van der Waals surface area contributed by atoms with Gasteiger partial charge in [0.05, 0.1) is 5.84 Å². The summed E-state index contributed by atoms with van der Waals surface area (Å²) in [5.41, 5.74) is 5.30. The number of nitrogens with zero attached hydrogens (tertiary/aromatic N) is 1. The molecule has 3 heteroatoms. The van der Waals surface area contributed by atoms with Crippen LogP contribution in [0.1, 0.15) is 32.6 Å². The van der Waals surface area contributed by atoms with Gasteiger partial charge in [-0.25, -0.2) is 0 Å². The second-order valence-corrected chi connectivity index (χ2v) is 4.18. The maximum Gasteiger partial charge on any atom is 0.0905 e. The summed E-state index contributed by atoms with van der Waals surface area (Å²) in [6, 6.07) is 0. The highest BCUT2D eigenvalue weighted by molar-refractivity contribution is 5.76. The average Bonchev–Trinajstić information content (AvgIpc) is 2.03. The molecule has 0 aromatic carbocycles. The van der Waals surface area contributed by atoms with E-state index < -0.39 is 0 Å². The first-order valence-electron chi connectivity index (χ1n) is 5.23. The van der Waals surface area contributed by atoms with Gasteiger partial charge in [0.15, 0.2) is 0 Å². The van der Waals surface area contributed by atoms with Gasteiger partial charge in [-0.15, -0.1) is 0 Å². The van der Waals surface area contributed by atoms with Crippen LogP contribution in [0.2, 0.25) is 0 Å². The van der Waals surface area contributed by atoms with Gasteiger partial charge in [-0.3, -0.25) is 5.41 Å². The van der Waals surface area contributed by atoms with Crippen LogP contribution in [0.15, 0.2) is 0 Å². The number of amidine groups is 1. The Labute approximate surface area is 80.8 Å². The molecule has 1 aliphatic heterocycles. The molecule has 1 heterocycles. The molecule has 1 rings (SSSR count). The number of piperidine rings is 1. The molecule has 0 saturated carbocycles. The van der Waals surface area contributed by atoms with Crippen LogP contribution in [0.25, 0.3) is 0 Å². The fourth-order valence-corrected chi connectivity index (χ4v) is 1.98. The quantitative estimate of drug-likeness (QED) is 0.512. The standard InChI is InChI=1S/C10H21N3/c1-9-4-2-6-13(8-9)7-3-5-10(11)12/h9H,2-8H2,1H3,(H3,11,12)/t9-/m1/s1. The molecule has 3 nitrogen and oxygen atoms in total. The van der Waals surface area contributed by atoms with Crippen LogP contribution in [-0.2, 0) is 0 Å². The Balaban J connectivity index is 2.10. The molecule has 1 saturated heterocycles. The molecule has 0 spiro atoms. The van der Waals surface area contributed by atoms with E-state index in [4.69, 9.17) is 11.1 Å². The Morgan fingerprint density at radius 1 is 1.62 bits per heavy atom. The lowest BCUT2D eigenvalue weighted by Gasteiger charge is -2.30. The van der Waals surface area contributed by atoms with E-state index in [0.29, 0.717) is 5.84 Å². The SMILES string of the molecule is C[C@@H]1CCCN(CCCC(=N)N)C1. The van der Waals surface area contributed by atoms with Crippen LogP contribution < -0.4 is 5.73 Å². The Bertz CT molecular complexity index is 168. The van der Waals surface area contributed by atoms with Crippen molar-refractivity contribution in [2.45, 2.75) is 32.6 Å². The second kappa shape index (κ2) is 5.22. The zero-order valence-electron chi connectivity index (χ0n) is 8.55. The molecule has 0 bridgehead atoms. The van der Waals surface area contributed by atoms with Gasteiger partial charge in [0.2, 0.25) is 0 Å². The summed E-state index contributed by atoms with van der Waals surface area (Å²) >= 11 is 0. The molecule has 0 radical (unpaired) electrons. The van der Waals surface area contributed by atoms with E-state index >= 15 is 0 Å². The molecule has 13 heavy (non-hydrogen) atoms. The predicted octanol–water partition coefficient (Wildman–Crippen LogP) is 1.43. The molecular weight excluding hydrogens is 162 g/mol. The molecule has 0 aliphatic carbocycles. The zero-order chi connectivity index (χ0) is 9.68. The van der Waals surface area contributed by atoms with E-state index in [2.05, 4.69) is 11.8 Å². The lowest BCUT2D eigenvalue weighted by molar-refractivity contribution is 0.183. The van der Waals surface area contributed by atoms with Crippen LogP contribution in [-0.4, -0.2) is 30.4 Å². The third kappa shape index (κ3) is 4.27. The Hall–Kier alpha value is -0.570. The summed E-state index contributed by atoms with van der Waals surface area (Å²) in [4.78, 5) is 2.50. The minimum Gasteiger partial charge on any atom is -0.388 e. The molecule has 0 aromatic rings. The molecule has 76 valence electrons. The van der Waals surface area contributed by atoms with Crippen LogP contribution in [0.4, 0.5) is 0 Å². The lowest BCUT2D eigenvalue weighted by Crippen LogP contribution is -2.35. The molecule has 3 N–H and O–H groups in total. The smallest absolute Gasteiger partial charge is 0.0905 e. The summed E-state index contributed by atoms with van der Waals surface area (Å²) in [6.07, 6.45) is 4.51. The van der Waals surface area contributed by atoms with Crippen molar-refractivity contribution in [2.75, 3.05) is 19.6 Å². The minimum atomic E-state index is 0.324. The van der Waals surface area contributed by atoms with Gasteiger partial charge in [-0.2, -0.15) is 0 Å². The minimum absolute atomic E-state index is 0.324. The highest BCUT2D eigenvalue weighted by Gasteiger charge is 2.15. The summed E-state index contributed by atoms with van der Waals surface area (Å²) in [7, 11) is 0. The first kappa shape index (κ1) is 10.5.